The molecule has 0 bridgehead atoms. The highest BCUT2D eigenvalue weighted by atomic mass is 32.2. The third kappa shape index (κ3) is 3.61. The molecule has 1 aromatic carbocycles. The lowest BCUT2D eigenvalue weighted by Gasteiger charge is -2.24. The monoisotopic (exact) mass is 395 g/mol. The summed E-state index contributed by atoms with van der Waals surface area (Å²) in [5, 5.41) is 0.963. The molecule has 2 saturated heterocycles. The highest BCUT2D eigenvalue weighted by Crippen LogP contribution is 2.33. The zero-order valence-electron chi connectivity index (χ0n) is 16.0. The number of aromatic nitrogens is 4. The Labute approximate surface area is 169 Å². The number of anilines is 1. The second-order valence-electron chi connectivity index (χ2n) is 7.44. The summed E-state index contributed by atoms with van der Waals surface area (Å²) in [6.07, 6.45) is 7.67. The van der Waals surface area contributed by atoms with Crippen LogP contribution in [0.15, 0.2) is 41.7 Å². The van der Waals surface area contributed by atoms with Crippen molar-refractivity contribution in [2.24, 2.45) is 0 Å². The summed E-state index contributed by atoms with van der Waals surface area (Å²) in [4.78, 5) is 16.8. The molecule has 6 nitrogen and oxygen atoms in total. The SMILES string of the molecule is c1ccc(CSc2nc(N3CCCC3)nc3c2ncn3C2CCCCO2)cc1. The fourth-order valence-electron chi connectivity index (χ4n) is 3.92. The third-order valence-electron chi connectivity index (χ3n) is 5.45. The van der Waals surface area contributed by atoms with E-state index in [-0.39, 0.29) is 6.23 Å². The average molecular weight is 396 g/mol. The van der Waals surface area contributed by atoms with Crippen LogP contribution in [0.1, 0.15) is 43.9 Å². The Hall–Kier alpha value is -2.12. The van der Waals surface area contributed by atoms with E-state index in [1.165, 1.54) is 24.8 Å². The molecule has 0 amide bonds. The molecule has 0 N–H and O–H groups in total. The topological polar surface area (TPSA) is 56.1 Å². The zero-order valence-corrected chi connectivity index (χ0v) is 16.8. The van der Waals surface area contributed by atoms with Gasteiger partial charge in [0.25, 0.3) is 0 Å². The number of rotatable bonds is 5. The number of thioether (sulfide) groups is 1. The van der Waals surface area contributed by atoms with Gasteiger partial charge in [-0.25, -0.2) is 9.97 Å². The Balaban J connectivity index is 1.52. The van der Waals surface area contributed by atoms with Crippen LogP contribution in [0.5, 0.6) is 0 Å². The Kier molecular flexibility index (Phi) is 5.18. The first-order chi connectivity index (χ1) is 13.9. The van der Waals surface area contributed by atoms with Crippen LogP contribution in [0.25, 0.3) is 11.2 Å². The molecule has 0 aliphatic carbocycles. The lowest BCUT2D eigenvalue weighted by molar-refractivity contribution is -0.0298. The Morgan fingerprint density at radius 2 is 1.89 bits per heavy atom. The van der Waals surface area contributed by atoms with Crippen LogP contribution in [0.3, 0.4) is 0 Å². The highest BCUT2D eigenvalue weighted by Gasteiger charge is 2.23. The van der Waals surface area contributed by atoms with E-state index >= 15 is 0 Å². The molecule has 7 heteroatoms. The van der Waals surface area contributed by atoms with E-state index < -0.39 is 0 Å². The molecule has 2 aromatic heterocycles. The first-order valence-corrected chi connectivity index (χ1v) is 11.1. The van der Waals surface area contributed by atoms with E-state index in [1.54, 1.807) is 11.8 Å². The predicted molar refractivity (Wildman–Crippen MR) is 112 cm³/mol. The standard InChI is InChI=1S/C21H25N5OS/c1-2-8-16(9-3-1)14-28-20-18-19(23-21(24-20)25-11-5-6-12-25)26(15-22-18)17-10-4-7-13-27-17/h1-3,8-9,15,17H,4-7,10-14H2. The van der Waals surface area contributed by atoms with Crippen molar-refractivity contribution >= 4 is 28.9 Å². The fourth-order valence-corrected chi connectivity index (χ4v) is 4.84. The lowest BCUT2D eigenvalue weighted by atomic mass is 10.2. The van der Waals surface area contributed by atoms with Crippen LogP contribution in [0.4, 0.5) is 5.95 Å². The molecule has 0 radical (unpaired) electrons. The minimum Gasteiger partial charge on any atom is -0.358 e. The molecule has 28 heavy (non-hydrogen) atoms. The summed E-state index contributed by atoms with van der Waals surface area (Å²) in [5.74, 6) is 1.71. The first kappa shape index (κ1) is 17.9. The zero-order chi connectivity index (χ0) is 18.8. The van der Waals surface area contributed by atoms with E-state index in [0.29, 0.717) is 0 Å². The van der Waals surface area contributed by atoms with Crippen molar-refractivity contribution < 1.29 is 4.74 Å². The second-order valence-corrected chi connectivity index (χ2v) is 8.41. The molecular formula is C21H25N5OS. The van der Waals surface area contributed by atoms with Gasteiger partial charge in [-0.2, -0.15) is 4.98 Å². The summed E-state index contributed by atoms with van der Waals surface area (Å²) in [6.45, 7) is 2.87. The number of nitrogens with zero attached hydrogens (tertiary/aromatic N) is 5. The van der Waals surface area contributed by atoms with Gasteiger partial charge in [0.2, 0.25) is 5.95 Å². The van der Waals surface area contributed by atoms with Gasteiger partial charge in [-0.15, -0.1) is 0 Å². The maximum Gasteiger partial charge on any atom is 0.228 e. The third-order valence-corrected chi connectivity index (χ3v) is 6.49. The van der Waals surface area contributed by atoms with Crippen molar-refractivity contribution in [2.75, 3.05) is 24.6 Å². The molecule has 1 unspecified atom stereocenters. The van der Waals surface area contributed by atoms with Crippen LogP contribution >= 0.6 is 11.8 Å². The average Bonchev–Trinajstić information content (AvgIpc) is 3.43. The van der Waals surface area contributed by atoms with E-state index in [4.69, 9.17) is 19.7 Å². The largest absolute Gasteiger partial charge is 0.358 e. The van der Waals surface area contributed by atoms with Gasteiger partial charge in [-0.05, 0) is 37.7 Å². The molecule has 1 atom stereocenters. The number of benzene rings is 1. The quantitative estimate of drug-likeness (QED) is 0.471. The minimum atomic E-state index is 0.0343. The molecule has 0 spiro atoms. The van der Waals surface area contributed by atoms with Crippen LogP contribution in [0.2, 0.25) is 0 Å². The van der Waals surface area contributed by atoms with Gasteiger partial charge in [-0.3, -0.25) is 4.57 Å². The van der Waals surface area contributed by atoms with E-state index in [0.717, 1.165) is 60.4 Å². The van der Waals surface area contributed by atoms with Crippen molar-refractivity contribution in [3.8, 4) is 0 Å². The van der Waals surface area contributed by atoms with Gasteiger partial charge in [0.1, 0.15) is 16.8 Å². The summed E-state index contributed by atoms with van der Waals surface area (Å²) in [7, 11) is 0. The molecule has 2 fully saturated rings. The maximum atomic E-state index is 6.01. The highest BCUT2D eigenvalue weighted by molar-refractivity contribution is 7.98. The molecule has 4 heterocycles. The van der Waals surface area contributed by atoms with Gasteiger partial charge in [0.15, 0.2) is 5.65 Å². The molecular weight excluding hydrogens is 370 g/mol. The van der Waals surface area contributed by atoms with E-state index in [9.17, 15) is 0 Å². The summed E-state index contributed by atoms with van der Waals surface area (Å²) in [5.41, 5.74) is 3.08. The molecule has 2 aliphatic rings. The number of fused-ring (bicyclic) bond motifs is 1. The van der Waals surface area contributed by atoms with Gasteiger partial charge in [-0.1, -0.05) is 42.1 Å². The smallest absolute Gasteiger partial charge is 0.228 e. The van der Waals surface area contributed by atoms with Gasteiger partial charge in [0, 0.05) is 25.4 Å². The van der Waals surface area contributed by atoms with Crippen molar-refractivity contribution in [3.63, 3.8) is 0 Å². The lowest BCUT2D eigenvalue weighted by Crippen LogP contribution is -2.22. The van der Waals surface area contributed by atoms with Crippen LogP contribution < -0.4 is 4.90 Å². The van der Waals surface area contributed by atoms with Crippen LogP contribution in [-0.4, -0.2) is 39.2 Å². The fraction of sp³-hybridized carbons (Fsp3) is 0.476. The van der Waals surface area contributed by atoms with Gasteiger partial charge >= 0.3 is 0 Å². The molecule has 0 saturated carbocycles. The van der Waals surface area contributed by atoms with Crippen LogP contribution in [-0.2, 0) is 10.5 Å². The minimum absolute atomic E-state index is 0.0343. The number of hydrogen-bond acceptors (Lipinski definition) is 6. The first-order valence-electron chi connectivity index (χ1n) is 10.2. The van der Waals surface area contributed by atoms with E-state index in [1.807, 2.05) is 12.4 Å². The molecule has 5 rings (SSSR count). The maximum absolute atomic E-state index is 6.01. The van der Waals surface area contributed by atoms with Crippen molar-refractivity contribution in [1.82, 2.24) is 19.5 Å². The molecule has 2 aliphatic heterocycles. The summed E-state index contributed by atoms with van der Waals surface area (Å²) >= 11 is 1.74. The van der Waals surface area contributed by atoms with Crippen LogP contribution in [0, 0.1) is 0 Å². The normalized spacial score (nSPS) is 20.1. The Morgan fingerprint density at radius 1 is 1.04 bits per heavy atom. The summed E-state index contributed by atoms with van der Waals surface area (Å²) in [6, 6.07) is 10.5. The number of imidazole rings is 1. The number of hydrogen-bond donors (Lipinski definition) is 0. The second kappa shape index (κ2) is 8.09. The molecule has 3 aromatic rings. The number of ether oxygens (including phenoxy) is 1. The van der Waals surface area contributed by atoms with Crippen molar-refractivity contribution in [1.29, 1.82) is 0 Å². The van der Waals surface area contributed by atoms with E-state index in [2.05, 4.69) is 33.7 Å². The Bertz CT molecular complexity index is 933. The van der Waals surface area contributed by atoms with Crippen molar-refractivity contribution in [2.45, 2.75) is 49.1 Å². The summed E-state index contributed by atoms with van der Waals surface area (Å²) < 4.78 is 8.12. The van der Waals surface area contributed by atoms with Crippen molar-refractivity contribution in [3.05, 3.63) is 42.2 Å². The Morgan fingerprint density at radius 3 is 2.68 bits per heavy atom. The van der Waals surface area contributed by atoms with Gasteiger partial charge < -0.3 is 9.64 Å². The molecule has 146 valence electrons. The van der Waals surface area contributed by atoms with Gasteiger partial charge in [0.05, 0.1) is 6.33 Å². The predicted octanol–water partition coefficient (Wildman–Crippen LogP) is 4.42.